The van der Waals surface area contributed by atoms with Crippen molar-refractivity contribution in [3.05, 3.63) is 35.8 Å². The molecule has 0 spiro atoms. The predicted molar refractivity (Wildman–Crippen MR) is 88.3 cm³/mol. The Morgan fingerprint density at radius 3 is 2.96 bits per heavy atom. The number of carbonyl (C=O) groups excluding carboxylic acids is 1. The molecule has 1 aliphatic heterocycles. The standard InChI is InChI=1S/C17H24N4O2/c1-13-14(21-8-5-4-6-15(21)18-13)10-16(22)20-9-7-17(23,12-20)11-19(2)3/h4-6,8,23H,7,9-12H2,1-3H3. The van der Waals surface area contributed by atoms with Gasteiger partial charge in [-0.2, -0.15) is 0 Å². The summed E-state index contributed by atoms with van der Waals surface area (Å²) in [5.41, 5.74) is 1.87. The summed E-state index contributed by atoms with van der Waals surface area (Å²) in [6.45, 7) is 3.52. The highest BCUT2D eigenvalue weighted by molar-refractivity contribution is 5.79. The number of likely N-dealkylation sites (tertiary alicyclic amines) is 1. The molecule has 23 heavy (non-hydrogen) atoms. The molecule has 6 nitrogen and oxygen atoms in total. The molecule has 0 bridgehead atoms. The second-order valence-corrected chi connectivity index (χ2v) is 6.78. The fourth-order valence-electron chi connectivity index (χ4n) is 3.42. The van der Waals surface area contributed by atoms with Crippen molar-refractivity contribution in [1.29, 1.82) is 0 Å². The van der Waals surface area contributed by atoms with Gasteiger partial charge in [0.15, 0.2) is 0 Å². The molecule has 0 aliphatic carbocycles. The number of hydrogen-bond acceptors (Lipinski definition) is 4. The summed E-state index contributed by atoms with van der Waals surface area (Å²) in [4.78, 5) is 20.9. The number of likely N-dealkylation sites (N-methyl/N-ethyl adjacent to an activating group) is 1. The average molecular weight is 316 g/mol. The highest BCUT2D eigenvalue weighted by Crippen LogP contribution is 2.23. The van der Waals surface area contributed by atoms with Gasteiger partial charge >= 0.3 is 0 Å². The van der Waals surface area contributed by atoms with Gasteiger partial charge in [0.2, 0.25) is 5.91 Å². The largest absolute Gasteiger partial charge is 0.387 e. The van der Waals surface area contributed by atoms with E-state index in [-0.39, 0.29) is 5.91 Å². The number of carbonyl (C=O) groups is 1. The molecule has 2 aromatic heterocycles. The van der Waals surface area contributed by atoms with Crippen LogP contribution in [-0.2, 0) is 11.2 Å². The van der Waals surface area contributed by atoms with Gasteiger partial charge in [-0.05, 0) is 39.6 Å². The maximum absolute atomic E-state index is 12.6. The monoisotopic (exact) mass is 316 g/mol. The summed E-state index contributed by atoms with van der Waals surface area (Å²) < 4.78 is 1.97. The lowest BCUT2D eigenvalue weighted by Crippen LogP contribution is -2.43. The number of pyridine rings is 1. The number of β-amino-alcohol motifs (C(OH)–C–C–N with tert-alkyl or cyclic N) is 1. The topological polar surface area (TPSA) is 61.1 Å². The minimum absolute atomic E-state index is 0.0495. The van der Waals surface area contributed by atoms with Gasteiger partial charge in [0.1, 0.15) is 5.65 Å². The van der Waals surface area contributed by atoms with Crippen LogP contribution >= 0.6 is 0 Å². The minimum atomic E-state index is -0.798. The van der Waals surface area contributed by atoms with Gasteiger partial charge in [-0.3, -0.25) is 4.79 Å². The van der Waals surface area contributed by atoms with Crippen molar-refractivity contribution in [2.75, 3.05) is 33.7 Å². The van der Waals surface area contributed by atoms with Crippen molar-refractivity contribution in [1.82, 2.24) is 19.2 Å². The zero-order valence-corrected chi connectivity index (χ0v) is 14.0. The van der Waals surface area contributed by atoms with Crippen LogP contribution in [0.5, 0.6) is 0 Å². The lowest BCUT2D eigenvalue weighted by atomic mass is 10.0. The molecule has 3 rings (SSSR count). The van der Waals surface area contributed by atoms with Crippen LogP contribution in [0, 0.1) is 6.92 Å². The van der Waals surface area contributed by atoms with Gasteiger partial charge in [0.25, 0.3) is 0 Å². The van der Waals surface area contributed by atoms with Gasteiger partial charge < -0.3 is 19.3 Å². The Hall–Kier alpha value is -1.92. The minimum Gasteiger partial charge on any atom is -0.387 e. The van der Waals surface area contributed by atoms with E-state index in [0.717, 1.165) is 17.0 Å². The van der Waals surface area contributed by atoms with E-state index in [2.05, 4.69) is 4.98 Å². The Morgan fingerprint density at radius 1 is 1.43 bits per heavy atom. The van der Waals surface area contributed by atoms with Crippen molar-refractivity contribution in [2.24, 2.45) is 0 Å². The third-order valence-electron chi connectivity index (χ3n) is 4.44. The Bertz CT molecular complexity index is 724. The van der Waals surface area contributed by atoms with Crippen LogP contribution in [0.1, 0.15) is 17.8 Å². The van der Waals surface area contributed by atoms with Gasteiger partial charge in [0, 0.05) is 19.3 Å². The molecule has 2 aromatic rings. The number of imidazole rings is 1. The molecule has 0 aromatic carbocycles. The van der Waals surface area contributed by atoms with Gasteiger partial charge in [0.05, 0.1) is 30.0 Å². The molecule has 1 aliphatic rings. The molecular formula is C17H24N4O2. The number of nitrogens with zero attached hydrogens (tertiary/aromatic N) is 4. The number of rotatable bonds is 4. The molecule has 1 unspecified atom stereocenters. The first-order valence-corrected chi connectivity index (χ1v) is 7.95. The van der Waals surface area contributed by atoms with Crippen molar-refractivity contribution in [3.63, 3.8) is 0 Å². The van der Waals surface area contributed by atoms with Crippen molar-refractivity contribution >= 4 is 11.6 Å². The molecule has 6 heteroatoms. The Kier molecular flexibility index (Phi) is 4.12. The van der Waals surface area contributed by atoms with Gasteiger partial charge in [-0.1, -0.05) is 6.07 Å². The van der Waals surface area contributed by atoms with Crippen molar-refractivity contribution < 1.29 is 9.90 Å². The van der Waals surface area contributed by atoms with E-state index in [9.17, 15) is 9.90 Å². The molecule has 1 atom stereocenters. The van der Waals surface area contributed by atoms with Crippen molar-refractivity contribution in [3.8, 4) is 0 Å². The van der Waals surface area contributed by atoms with Crippen LogP contribution in [0.15, 0.2) is 24.4 Å². The van der Waals surface area contributed by atoms with Crippen LogP contribution in [0.25, 0.3) is 5.65 Å². The second kappa shape index (κ2) is 5.94. The van der Waals surface area contributed by atoms with Crippen LogP contribution in [-0.4, -0.2) is 69.5 Å². The van der Waals surface area contributed by atoms with E-state index in [4.69, 9.17) is 0 Å². The number of amides is 1. The molecule has 1 fully saturated rings. The first-order chi connectivity index (χ1) is 10.9. The van der Waals surface area contributed by atoms with E-state index >= 15 is 0 Å². The number of aromatic nitrogens is 2. The fourth-order valence-corrected chi connectivity index (χ4v) is 3.42. The molecule has 1 N–H and O–H groups in total. The SMILES string of the molecule is Cc1nc2ccccn2c1CC(=O)N1CCC(O)(CN(C)C)C1. The quantitative estimate of drug-likeness (QED) is 0.902. The molecule has 0 saturated carbocycles. The van der Waals surface area contributed by atoms with E-state index in [1.807, 2.05) is 54.7 Å². The maximum atomic E-state index is 12.6. The zero-order chi connectivity index (χ0) is 16.6. The molecule has 1 saturated heterocycles. The smallest absolute Gasteiger partial charge is 0.228 e. The third kappa shape index (κ3) is 3.23. The average Bonchev–Trinajstić information content (AvgIpc) is 3.00. The van der Waals surface area contributed by atoms with Crippen LogP contribution < -0.4 is 0 Å². The summed E-state index contributed by atoms with van der Waals surface area (Å²) in [6.07, 6.45) is 2.88. The lowest BCUT2D eigenvalue weighted by Gasteiger charge is -2.26. The Labute approximate surface area is 136 Å². The van der Waals surface area contributed by atoms with Crippen molar-refractivity contribution in [2.45, 2.75) is 25.4 Å². The summed E-state index contributed by atoms with van der Waals surface area (Å²) in [5.74, 6) is 0.0495. The predicted octanol–water partition coefficient (Wildman–Crippen LogP) is 0.710. The van der Waals surface area contributed by atoms with E-state index in [1.54, 1.807) is 4.90 Å². The molecule has 1 amide bonds. The lowest BCUT2D eigenvalue weighted by molar-refractivity contribution is -0.130. The third-order valence-corrected chi connectivity index (χ3v) is 4.44. The normalized spacial score (nSPS) is 21.5. The highest BCUT2D eigenvalue weighted by atomic mass is 16.3. The van der Waals surface area contributed by atoms with E-state index < -0.39 is 5.60 Å². The summed E-state index contributed by atoms with van der Waals surface area (Å²) in [7, 11) is 3.87. The molecule has 3 heterocycles. The number of fused-ring (bicyclic) bond motifs is 1. The summed E-state index contributed by atoms with van der Waals surface area (Å²) in [5, 5.41) is 10.6. The van der Waals surface area contributed by atoms with Crippen LogP contribution in [0.2, 0.25) is 0 Å². The zero-order valence-electron chi connectivity index (χ0n) is 14.0. The molecule has 124 valence electrons. The van der Waals surface area contributed by atoms with E-state index in [0.29, 0.717) is 32.5 Å². The Balaban J connectivity index is 1.73. The van der Waals surface area contributed by atoms with Gasteiger partial charge in [-0.25, -0.2) is 4.98 Å². The molecule has 0 radical (unpaired) electrons. The van der Waals surface area contributed by atoms with Crippen LogP contribution in [0.4, 0.5) is 0 Å². The maximum Gasteiger partial charge on any atom is 0.228 e. The molecular weight excluding hydrogens is 292 g/mol. The number of aryl methyl sites for hydroxylation is 1. The fraction of sp³-hybridized carbons (Fsp3) is 0.529. The highest BCUT2D eigenvalue weighted by Gasteiger charge is 2.38. The first-order valence-electron chi connectivity index (χ1n) is 7.95. The first kappa shape index (κ1) is 16.0. The van der Waals surface area contributed by atoms with E-state index in [1.165, 1.54) is 0 Å². The van der Waals surface area contributed by atoms with Gasteiger partial charge in [-0.15, -0.1) is 0 Å². The summed E-state index contributed by atoms with van der Waals surface area (Å²) >= 11 is 0. The summed E-state index contributed by atoms with van der Waals surface area (Å²) in [6, 6.07) is 5.82. The van der Waals surface area contributed by atoms with Crippen LogP contribution in [0.3, 0.4) is 0 Å². The Morgan fingerprint density at radius 2 is 2.22 bits per heavy atom. The number of hydrogen-bond donors (Lipinski definition) is 1. The number of aliphatic hydroxyl groups is 1. The second-order valence-electron chi connectivity index (χ2n) is 6.78.